The molecule has 34 heavy (non-hydrogen) atoms. The molecule has 3 aromatic carbocycles. The van der Waals surface area contributed by atoms with Crippen LogP contribution in [0.1, 0.15) is 22.3 Å². The SMILES string of the molecule is O=C(CCc1ccc(Cl)cc1)Nc1nc2ccc(C(=O)Nc3ccc4[nH]c(=O)oc4c3)cc2s1. The quantitative estimate of drug-likeness (QED) is 0.301. The lowest BCUT2D eigenvalue weighted by molar-refractivity contribution is -0.116. The molecule has 0 aliphatic rings. The molecule has 0 saturated carbocycles. The van der Waals surface area contributed by atoms with Gasteiger partial charge in [0.25, 0.3) is 5.91 Å². The average Bonchev–Trinajstić information content (AvgIpc) is 3.39. The van der Waals surface area contributed by atoms with Crippen LogP contribution in [-0.2, 0) is 11.2 Å². The molecule has 5 rings (SSSR count). The molecule has 0 fully saturated rings. The highest BCUT2D eigenvalue weighted by atomic mass is 35.5. The number of rotatable bonds is 6. The number of amides is 2. The Hall–Kier alpha value is -3.95. The number of hydrogen-bond donors (Lipinski definition) is 3. The van der Waals surface area contributed by atoms with E-state index >= 15 is 0 Å². The Bertz CT molecular complexity index is 1590. The number of benzene rings is 3. The van der Waals surface area contributed by atoms with Crippen LogP contribution in [0.3, 0.4) is 0 Å². The van der Waals surface area contributed by atoms with Gasteiger partial charge in [-0.2, -0.15) is 0 Å². The van der Waals surface area contributed by atoms with Crippen LogP contribution >= 0.6 is 22.9 Å². The molecule has 3 N–H and O–H groups in total. The smallest absolute Gasteiger partial charge is 0.408 e. The highest BCUT2D eigenvalue weighted by Crippen LogP contribution is 2.27. The first kappa shape index (κ1) is 21.9. The van der Waals surface area contributed by atoms with E-state index < -0.39 is 5.76 Å². The zero-order valence-electron chi connectivity index (χ0n) is 17.6. The molecule has 8 nitrogen and oxygen atoms in total. The van der Waals surface area contributed by atoms with Gasteiger partial charge in [0.2, 0.25) is 5.91 Å². The fourth-order valence-electron chi connectivity index (χ4n) is 3.44. The molecule has 5 aromatic rings. The number of nitrogens with zero attached hydrogens (tertiary/aromatic N) is 1. The normalized spacial score (nSPS) is 11.1. The van der Waals surface area contributed by atoms with Crippen LogP contribution in [0.5, 0.6) is 0 Å². The number of carbonyl (C=O) groups excluding carboxylic acids is 2. The van der Waals surface area contributed by atoms with E-state index in [-0.39, 0.29) is 11.8 Å². The number of carbonyl (C=O) groups is 2. The summed E-state index contributed by atoms with van der Waals surface area (Å²) in [6, 6.07) is 17.4. The molecule has 2 amide bonds. The van der Waals surface area contributed by atoms with Crippen molar-refractivity contribution in [2.75, 3.05) is 10.6 Å². The van der Waals surface area contributed by atoms with E-state index in [9.17, 15) is 14.4 Å². The van der Waals surface area contributed by atoms with Gasteiger partial charge in [0.05, 0.1) is 15.7 Å². The molecule has 0 radical (unpaired) electrons. The third-order valence-electron chi connectivity index (χ3n) is 5.13. The summed E-state index contributed by atoms with van der Waals surface area (Å²) in [7, 11) is 0. The van der Waals surface area contributed by atoms with Crippen molar-refractivity contribution in [2.24, 2.45) is 0 Å². The van der Waals surface area contributed by atoms with Gasteiger partial charge < -0.3 is 15.1 Å². The van der Waals surface area contributed by atoms with Crippen LogP contribution < -0.4 is 16.4 Å². The summed E-state index contributed by atoms with van der Waals surface area (Å²) in [5.74, 6) is -1.01. The van der Waals surface area contributed by atoms with Crippen LogP contribution in [0.15, 0.2) is 69.9 Å². The summed E-state index contributed by atoms with van der Waals surface area (Å²) in [6.07, 6.45) is 0.910. The van der Waals surface area contributed by atoms with E-state index in [1.165, 1.54) is 11.3 Å². The van der Waals surface area contributed by atoms with Gasteiger partial charge >= 0.3 is 5.76 Å². The van der Waals surface area contributed by atoms with E-state index in [1.54, 1.807) is 48.5 Å². The predicted octanol–water partition coefficient (Wildman–Crippen LogP) is 5.21. The Labute approximate surface area is 201 Å². The topological polar surface area (TPSA) is 117 Å². The van der Waals surface area contributed by atoms with Gasteiger partial charge in [-0.25, -0.2) is 9.78 Å². The molecule has 0 aliphatic carbocycles. The molecule has 2 heterocycles. The van der Waals surface area contributed by atoms with Crippen LogP contribution in [0, 0.1) is 0 Å². The fraction of sp³-hybridized carbons (Fsp3) is 0.0833. The number of hydrogen-bond acceptors (Lipinski definition) is 6. The fourth-order valence-corrected chi connectivity index (χ4v) is 4.48. The van der Waals surface area contributed by atoms with Crippen LogP contribution in [0.4, 0.5) is 10.8 Å². The number of halogens is 1. The highest BCUT2D eigenvalue weighted by Gasteiger charge is 2.13. The van der Waals surface area contributed by atoms with Crippen LogP contribution in [0.2, 0.25) is 5.02 Å². The van der Waals surface area contributed by atoms with Crippen molar-refractivity contribution in [2.45, 2.75) is 12.8 Å². The molecule has 0 bridgehead atoms. The van der Waals surface area contributed by atoms with Crippen molar-refractivity contribution < 1.29 is 14.0 Å². The van der Waals surface area contributed by atoms with E-state index in [0.717, 1.165) is 10.3 Å². The summed E-state index contributed by atoms with van der Waals surface area (Å²) in [6.45, 7) is 0. The number of aryl methyl sites for hydroxylation is 1. The first-order valence-corrected chi connectivity index (χ1v) is 11.5. The summed E-state index contributed by atoms with van der Waals surface area (Å²) in [4.78, 5) is 43.3. The van der Waals surface area contributed by atoms with E-state index in [4.69, 9.17) is 16.0 Å². The third kappa shape index (κ3) is 4.85. The van der Waals surface area contributed by atoms with Gasteiger partial charge in [0, 0.05) is 28.8 Å². The number of thiazole rings is 1. The number of aromatic nitrogens is 2. The number of oxazole rings is 1. The van der Waals surface area contributed by atoms with E-state index in [0.29, 0.717) is 50.9 Å². The molecule has 10 heteroatoms. The van der Waals surface area contributed by atoms with E-state index in [1.807, 2.05) is 12.1 Å². The number of H-pyrrole nitrogens is 1. The second-order valence-electron chi connectivity index (χ2n) is 7.56. The van der Waals surface area contributed by atoms with Gasteiger partial charge in [-0.1, -0.05) is 35.1 Å². The number of fused-ring (bicyclic) bond motifs is 2. The summed E-state index contributed by atoms with van der Waals surface area (Å²) in [5.41, 5.74) is 3.56. The highest BCUT2D eigenvalue weighted by molar-refractivity contribution is 7.22. The summed E-state index contributed by atoms with van der Waals surface area (Å²) < 4.78 is 5.80. The maximum absolute atomic E-state index is 12.7. The molecule has 0 atom stereocenters. The van der Waals surface area contributed by atoms with Crippen molar-refractivity contribution in [3.05, 3.63) is 87.4 Å². The first-order chi connectivity index (χ1) is 16.4. The Balaban J connectivity index is 1.25. The predicted molar refractivity (Wildman–Crippen MR) is 133 cm³/mol. The minimum Gasteiger partial charge on any atom is -0.408 e. The van der Waals surface area contributed by atoms with Gasteiger partial charge in [0.15, 0.2) is 10.7 Å². The van der Waals surface area contributed by atoms with Gasteiger partial charge in [-0.05, 0) is 54.4 Å². The van der Waals surface area contributed by atoms with E-state index in [2.05, 4.69) is 20.6 Å². The molecular weight excluding hydrogens is 476 g/mol. The Morgan fingerprint density at radius 1 is 1.03 bits per heavy atom. The molecule has 2 aromatic heterocycles. The Morgan fingerprint density at radius 2 is 1.85 bits per heavy atom. The van der Waals surface area contributed by atoms with Gasteiger partial charge in [-0.3, -0.25) is 14.6 Å². The number of nitrogens with one attached hydrogen (secondary N) is 3. The van der Waals surface area contributed by atoms with Gasteiger partial charge in [0.1, 0.15) is 0 Å². The van der Waals surface area contributed by atoms with Crippen LogP contribution in [-0.4, -0.2) is 21.8 Å². The van der Waals surface area contributed by atoms with Crippen LogP contribution in [0.25, 0.3) is 21.3 Å². The monoisotopic (exact) mass is 492 g/mol. The van der Waals surface area contributed by atoms with Crippen molar-refractivity contribution in [3.8, 4) is 0 Å². The Morgan fingerprint density at radius 3 is 2.68 bits per heavy atom. The minimum absolute atomic E-state index is 0.140. The summed E-state index contributed by atoms with van der Waals surface area (Å²) >= 11 is 7.18. The van der Waals surface area contributed by atoms with Crippen molar-refractivity contribution >= 4 is 66.9 Å². The lowest BCUT2D eigenvalue weighted by Gasteiger charge is -2.05. The molecule has 0 saturated heterocycles. The zero-order chi connectivity index (χ0) is 23.7. The maximum Gasteiger partial charge on any atom is 0.417 e. The molecular formula is C24H17ClN4O4S. The average molecular weight is 493 g/mol. The van der Waals surface area contributed by atoms with Crippen molar-refractivity contribution in [3.63, 3.8) is 0 Å². The number of aromatic amines is 1. The molecule has 170 valence electrons. The third-order valence-corrected chi connectivity index (χ3v) is 6.32. The summed E-state index contributed by atoms with van der Waals surface area (Å²) in [5, 5.41) is 6.75. The van der Waals surface area contributed by atoms with Crippen molar-refractivity contribution in [1.29, 1.82) is 0 Å². The lowest BCUT2D eigenvalue weighted by Crippen LogP contribution is -2.12. The molecule has 0 spiro atoms. The molecule has 0 unspecified atom stereocenters. The zero-order valence-corrected chi connectivity index (χ0v) is 19.1. The number of anilines is 2. The Kier molecular flexibility index (Phi) is 5.87. The lowest BCUT2D eigenvalue weighted by atomic mass is 10.1. The second kappa shape index (κ2) is 9.12. The van der Waals surface area contributed by atoms with Gasteiger partial charge in [-0.15, -0.1) is 0 Å². The largest absolute Gasteiger partial charge is 0.417 e. The standard InChI is InChI=1S/C24H17ClN4O4S/c25-15-5-1-13(2-6-15)3-10-21(30)29-23-27-18-8-4-14(11-20(18)34-23)22(31)26-16-7-9-17-19(12-16)33-24(32)28-17/h1-2,4-9,11-12H,3,10H2,(H,26,31)(H,28,32)(H,27,29,30). The second-order valence-corrected chi connectivity index (χ2v) is 9.02. The van der Waals surface area contributed by atoms with Crippen molar-refractivity contribution in [1.82, 2.24) is 9.97 Å². The first-order valence-electron chi connectivity index (χ1n) is 10.3. The minimum atomic E-state index is -0.554. The maximum atomic E-state index is 12.7. The molecule has 0 aliphatic heterocycles.